The summed E-state index contributed by atoms with van der Waals surface area (Å²) < 4.78 is 5.28. The van der Waals surface area contributed by atoms with Crippen LogP contribution in [0, 0.1) is 0 Å². The second-order valence-corrected chi connectivity index (χ2v) is 6.44. The summed E-state index contributed by atoms with van der Waals surface area (Å²) in [5.41, 5.74) is 2.11. The van der Waals surface area contributed by atoms with E-state index in [0.29, 0.717) is 6.01 Å². The van der Waals surface area contributed by atoms with E-state index in [2.05, 4.69) is 38.0 Å². The standard InChI is InChI=1S/C19H19ClN4O/c1-25-19-21-17-5-3-2-4-16(17)18(22-19)24-12-10-23(11-13-24)15-8-6-14(20)7-9-15/h2-9H,10-13H2,1H3. The Morgan fingerprint density at radius 1 is 0.880 bits per heavy atom. The van der Waals surface area contributed by atoms with Crippen molar-refractivity contribution in [2.24, 2.45) is 0 Å². The van der Waals surface area contributed by atoms with E-state index in [4.69, 9.17) is 16.3 Å². The molecule has 0 radical (unpaired) electrons. The maximum Gasteiger partial charge on any atom is 0.318 e. The molecule has 1 aliphatic heterocycles. The van der Waals surface area contributed by atoms with Crippen molar-refractivity contribution in [3.63, 3.8) is 0 Å². The Balaban J connectivity index is 1.58. The number of aromatic nitrogens is 2. The SMILES string of the molecule is COc1nc(N2CCN(c3ccc(Cl)cc3)CC2)c2ccccc2n1. The smallest absolute Gasteiger partial charge is 0.318 e. The topological polar surface area (TPSA) is 41.5 Å². The molecule has 5 nitrogen and oxygen atoms in total. The molecule has 0 N–H and O–H groups in total. The first-order valence-electron chi connectivity index (χ1n) is 8.31. The third-order valence-electron chi connectivity index (χ3n) is 4.52. The van der Waals surface area contributed by atoms with Crippen LogP contribution in [0.5, 0.6) is 6.01 Å². The lowest BCUT2D eigenvalue weighted by Crippen LogP contribution is -2.47. The number of benzene rings is 2. The van der Waals surface area contributed by atoms with Gasteiger partial charge in [-0.05, 0) is 36.4 Å². The van der Waals surface area contributed by atoms with Crippen LogP contribution < -0.4 is 14.5 Å². The fourth-order valence-electron chi connectivity index (χ4n) is 3.20. The van der Waals surface area contributed by atoms with Crippen molar-refractivity contribution in [3.8, 4) is 6.01 Å². The number of anilines is 2. The Morgan fingerprint density at radius 3 is 2.28 bits per heavy atom. The van der Waals surface area contributed by atoms with Crippen LogP contribution in [-0.2, 0) is 0 Å². The lowest BCUT2D eigenvalue weighted by atomic mass is 10.2. The first kappa shape index (κ1) is 16.0. The molecule has 1 aliphatic rings. The van der Waals surface area contributed by atoms with Gasteiger partial charge in [0.15, 0.2) is 0 Å². The quantitative estimate of drug-likeness (QED) is 0.718. The number of methoxy groups -OCH3 is 1. The highest BCUT2D eigenvalue weighted by atomic mass is 35.5. The maximum absolute atomic E-state index is 5.99. The lowest BCUT2D eigenvalue weighted by molar-refractivity contribution is 0.381. The van der Waals surface area contributed by atoms with Crippen molar-refractivity contribution in [2.45, 2.75) is 0 Å². The molecule has 0 bridgehead atoms. The van der Waals surface area contributed by atoms with E-state index in [9.17, 15) is 0 Å². The van der Waals surface area contributed by atoms with Crippen LogP contribution in [0.2, 0.25) is 5.02 Å². The summed E-state index contributed by atoms with van der Waals surface area (Å²) in [6.45, 7) is 3.66. The molecule has 0 saturated carbocycles. The Morgan fingerprint density at radius 2 is 1.56 bits per heavy atom. The molecule has 1 aromatic heterocycles. The minimum atomic E-state index is 0.411. The molecular formula is C19H19ClN4O. The van der Waals surface area contributed by atoms with Crippen LogP contribution >= 0.6 is 11.6 Å². The molecule has 6 heteroatoms. The first-order valence-corrected chi connectivity index (χ1v) is 8.68. The van der Waals surface area contributed by atoms with Crippen molar-refractivity contribution >= 4 is 34.0 Å². The normalized spacial score (nSPS) is 14.8. The van der Waals surface area contributed by atoms with Crippen molar-refractivity contribution in [1.29, 1.82) is 0 Å². The first-order chi connectivity index (χ1) is 12.2. The summed E-state index contributed by atoms with van der Waals surface area (Å²) >= 11 is 5.99. The Kier molecular flexibility index (Phi) is 4.32. The van der Waals surface area contributed by atoms with Crippen LogP contribution in [0.1, 0.15) is 0 Å². The summed E-state index contributed by atoms with van der Waals surface area (Å²) in [5, 5.41) is 1.82. The van der Waals surface area contributed by atoms with Gasteiger partial charge < -0.3 is 14.5 Å². The van der Waals surface area contributed by atoms with E-state index < -0.39 is 0 Å². The zero-order valence-electron chi connectivity index (χ0n) is 14.0. The van der Waals surface area contributed by atoms with Gasteiger partial charge in [0.25, 0.3) is 0 Å². The van der Waals surface area contributed by atoms with Gasteiger partial charge in [0.2, 0.25) is 0 Å². The zero-order chi connectivity index (χ0) is 17.2. The predicted molar refractivity (Wildman–Crippen MR) is 102 cm³/mol. The predicted octanol–water partition coefficient (Wildman–Crippen LogP) is 3.62. The van der Waals surface area contributed by atoms with Gasteiger partial charge in [-0.1, -0.05) is 23.7 Å². The number of hydrogen-bond donors (Lipinski definition) is 0. The largest absolute Gasteiger partial charge is 0.467 e. The minimum Gasteiger partial charge on any atom is -0.467 e. The third-order valence-corrected chi connectivity index (χ3v) is 4.77. The highest BCUT2D eigenvalue weighted by Crippen LogP contribution is 2.28. The van der Waals surface area contributed by atoms with Gasteiger partial charge in [-0.15, -0.1) is 0 Å². The maximum atomic E-state index is 5.99. The zero-order valence-corrected chi connectivity index (χ0v) is 14.8. The highest BCUT2D eigenvalue weighted by Gasteiger charge is 2.21. The second kappa shape index (κ2) is 6.76. The second-order valence-electron chi connectivity index (χ2n) is 6.00. The molecule has 2 aromatic carbocycles. The van der Waals surface area contributed by atoms with Crippen molar-refractivity contribution in [1.82, 2.24) is 9.97 Å². The highest BCUT2D eigenvalue weighted by molar-refractivity contribution is 6.30. The van der Waals surface area contributed by atoms with Crippen molar-refractivity contribution in [2.75, 3.05) is 43.1 Å². The van der Waals surface area contributed by atoms with Gasteiger partial charge in [0.05, 0.1) is 12.6 Å². The van der Waals surface area contributed by atoms with Crippen molar-refractivity contribution in [3.05, 3.63) is 53.6 Å². The molecule has 0 atom stereocenters. The Hall–Kier alpha value is -2.53. The molecule has 0 spiro atoms. The number of ether oxygens (including phenoxy) is 1. The molecule has 0 aliphatic carbocycles. The number of para-hydroxylation sites is 1. The third kappa shape index (κ3) is 3.20. The summed E-state index contributed by atoms with van der Waals surface area (Å²) in [7, 11) is 1.60. The summed E-state index contributed by atoms with van der Waals surface area (Å²) in [6.07, 6.45) is 0. The van der Waals surface area contributed by atoms with E-state index in [1.165, 1.54) is 5.69 Å². The van der Waals surface area contributed by atoms with Gasteiger partial charge in [0, 0.05) is 42.3 Å². The van der Waals surface area contributed by atoms with E-state index in [1.807, 2.05) is 30.3 Å². The molecule has 25 heavy (non-hydrogen) atoms. The lowest BCUT2D eigenvalue weighted by Gasteiger charge is -2.37. The van der Waals surface area contributed by atoms with Crippen LogP contribution in [-0.4, -0.2) is 43.3 Å². The van der Waals surface area contributed by atoms with Gasteiger partial charge in [-0.2, -0.15) is 9.97 Å². The molecule has 1 saturated heterocycles. The fraction of sp³-hybridized carbons (Fsp3) is 0.263. The van der Waals surface area contributed by atoms with E-state index >= 15 is 0 Å². The molecule has 0 unspecified atom stereocenters. The molecule has 128 valence electrons. The summed E-state index contributed by atoms with van der Waals surface area (Å²) in [6, 6.07) is 16.5. The van der Waals surface area contributed by atoms with E-state index in [1.54, 1.807) is 7.11 Å². The van der Waals surface area contributed by atoms with Crippen LogP contribution in [0.15, 0.2) is 48.5 Å². The Bertz CT molecular complexity index is 876. The van der Waals surface area contributed by atoms with Gasteiger partial charge in [-0.3, -0.25) is 0 Å². The Labute approximate surface area is 151 Å². The average Bonchev–Trinajstić information content (AvgIpc) is 2.68. The monoisotopic (exact) mass is 354 g/mol. The van der Waals surface area contributed by atoms with Crippen molar-refractivity contribution < 1.29 is 4.74 Å². The van der Waals surface area contributed by atoms with Crippen LogP contribution in [0.25, 0.3) is 10.9 Å². The molecule has 4 rings (SSSR count). The van der Waals surface area contributed by atoms with Crippen LogP contribution in [0.3, 0.4) is 0 Å². The molecule has 3 aromatic rings. The number of halogens is 1. The molecule has 2 heterocycles. The van der Waals surface area contributed by atoms with E-state index in [-0.39, 0.29) is 0 Å². The minimum absolute atomic E-state index is 0.411. The summed E-state index contributed by atoms with van der Waals surface area (Å²) in [5.74, 6) is 0.943. The van der Waals surface area contributed by atoms with Crippen LogP contribution in [0.4, 0.5) is 11.5 Å². The summed E-state index contributed by atoms with van der Waals surface area (Å²) in [4.78, 5) is 13.7. The fourth-order valence-corrected chi connectivity index (χ4v) is 3.33. The number of fused-ring (bicyclic) bond motifs is 1. The van der Waals surface area contributed by atoms with Gasteiger partial charge in [-0.25, -0.2) is 0 Å². The van der Waals surface area contributed by atoms with E-state index in [0.717, 1.165) is 47.9 Å². The molecule has 1 fully saturated rings. The van der Waals surface area contributed by atoms with Gasteiger partial charge >= 0.3 is 6.01 Å². The van der Waals surface area contributed by atoms with Gasteiger partial charge in [0.1, 0.15) is 5.82 Å². The number of nitrogens with zero attached hydrogens (tertiary/aromatic N) is 4. The number of hydrogen-bond acceptors (Lipinski definition) is 5. The molecule has 0 amide bonds. The average molecular weight is 355 g/mol. The number of rotatable bonds is 3. The number of piperazine rings is 1. The molecular weight excluding hydrogens is 336 g/mol.